The Morgan fingerprint density at radius 1 is 1.22 bits per heavy atom. The summed E-state index contributed by atoms with van der Waals surface area (Å²) >= 11 is 4.95. The van der Waals surface area contributed by atoms with Crippen LogP contribution in [-0.2, 0) is 6.54 Å². The molecule has 0 bridgehead atoms. The van der Waals surface area contributed by atoms with Crippen molar-refractivity contribution in [1.29, 1.82) is 0 Å². The normalized spacial score (nSPS) is 13.0. The van der Waals surface area contributed by atoms with Crippen LogP contribution in [0.1, 0.15) is 38.3 Å². The molecule has 0 spiro atoms. The van der Waals surface area contributed by atoms with E-state index in [1.54, 1.807) is 0 Å². The molecular formula is C15H24N2S. The SMILES string of the molecule is CC(C)CC(C)N(C)Cc1ccc(C(N)=S)cc1. The summed E-state index contributed by atoms with van der Waals surface area (Å²) in [5.74, 6) is 0.736. The topological polar surface area (TPSA) is 29.3 Å². The average molecular weight is 264 g/mol. The van der Waals surface area contributed by atoms with Gasteiger partial charge >= 0.3 is 0 Å². The number of rotatable bonds is 6. The number of nitrogens with zero attached hydrogens (tertiary/aromatic N) is 1. The van der Waals surface area contributed by atoms with E-state index >= 15 is 0 Å². The van der Waals surface area contributed by atoms with Gasteiger partial charge in [-0.25, -0.2) is 0 Å². The van der Waals surface area contributed by atoms with Gasteiger partial charge in [0.15, 0.2) is 0 Å². The fourth-order valence-corrected chi connectivity index (χ4v) is 2.22. The highest BCUT2D eigenvalue weighted by Crippen LogP contribution is 2.13. The first-order chi connectivity index (χ1) is 8.40. The van der Waals surface area contributed by atoms with Crippen molar-refractivity contribution in [2.75, 3.05) is 7.05 Å². The van der Waals surface area contributed by atoms with Crippen molar-refractivity contribution in [3.8, 4) is 0 Å². The predicted molar refractivity (Wildman–Crippen MR) is 82.7 cm³/mol. The van der Waals surface area contributed by atoms with E-state index in [9.17, 15) is 0 Å². The second-order valence-corrected chi connectivity index (χ2v) is 5.89. The second-order valence-electron chi connectivity index (χ2n) is 5.45. The van der Waals surface area contributed by atoms with Crippen molar-refractivity contribution in [3.63, 3.8) is 0 Å². The van der Waals surface area contributed by atoms with Gasteiger partial charge in [-0.1, -0.05) is 50.3 Å². The molecule has 18 heavy (non-hydrogen) atoms. The Labute approximate surface area is 116 Å². The lowest BCUT2D eigenvalue weighted by Crippen LogP contribution is -2.29. The molecule has 1 aromatic rings. The lowest BCUT2D eigenvalue weighted by atomic mass is 10.0. The van der Waals surface area contributed by atoms with Crippen molar-refractivity contribution in [1.82, 2.24) is 4.90 Å². The molecule has 0 saturated carbocycles. The smallest absolute Gasteiger partial charge is 0.103 e. The number of thiocarbonyl (C=S) groups is 1. The van der Waals surface area contributed by atoms with Gasteiger partial charge in [0.25, 0.3) is 0 Å². The van der Waals surface area contributed by atoms with E-state index in [4.69, 9.17) is 18.0 Å². The average Bonchev–Trinajstić information content (AvgIpc) is 2.28. The minimum atomic E-state index is 0.461. The fraction of sp³-hybridized carbons (Fsp3) is 0.533. The maximum absolute atomic E-state index is 5.59. The standard InChI is InChI=1S/C15H24N2S/c1-11(2)9-12(3)17(4)10-13-5-7-14(8-6-13)15(16)18/h5-8,11-12H,9-10H2,1-4H3,(H2,16,18). The first-order valence-electron chi connectivity index (χ1n) is 6.49. The van der Waals surface area contributed by atoms with Crippen LogP contribution in [0.5, 0.6) is 0 Å². The lowest BCUT2D eigenvalue weighted by molar-refractivity contribution is 0.220. The molecule has 0 amide bonds. The molecule has 0 aromatic heterocycles. The van der Waals surface area contributed by atoms with Gasteiger partial charge in [0.1, 0.15) is 4.99 Å². The third-order valence-electron chi connectivity index (χ3n) is 3.24. The monoisotopic (exact) mass is 264 g/mol. The van der Waals surface area contributed by atoms with Gasteiger partial charge in [-0.05, 0) is 31.9 Å². The van der Waals surface area contributed by atoms with E-state index in [0.29, 0.717) is 11.0 Å². The Balaban J connectivity index is 2.59. The molecule has 1 rings (SSSR count). The molecule has 100 valence electrons. The number of benzene rings is 1. The molecule has 0 aliphatic rings. The minimum absolute atomic E-state index is 0.461. The molecular weight excluding hydrogens is 240 g/mol. The third-order valence-corrected chi connectivity index (χ3v) is 3.47. The van der Waals surface area contributed by atoms with Gasteiger partial charge in [-0.3, -0.25) is 4.90 Å². The van der Waals surface area contributed by atoms with Crippen LogP contribution < -0.4 is 5.73 Å². The summed E-state index contributed by atoms with van der Waals surface area (Å²) in [6, 6.07) is 8.80. The van der Waals surface area contributed by atoms with Crippen LogP contribution in [0.4, 0.5) is 0 Å². The summed E-state index contributed by atoms with van der Waals surface area (Å²) < 4.78 is 0. The lowest BCUT2D eigenvalue weighted by Gasteiger charge is -2.26. The summed E-state index contributed by atoms with van der Waals surface area (Å²) in [6.07, 6.45) is 1.22. The minimum Gasteiger partial charge on any atom is -0.389 e. The Bertz CT molecular complexity index is 384. The van der Waals surface area contributed by atoms with Crippen molar-refractivity contribution in [3.05, 3.63) is 35.4 Å². The quantitative estimate of drug-likeness (QED) is 0.800. The molecule has 0 saturated heterocycles. The Morgan fingerprint density at radius 3 is 2.22 bits per heavy atom. The van der Waals surface area contributed by atoms with Crippen LogP contribution >= 0.6 is 12.2 Å². The molecule has 1 atom stereocenters. The molecule has 1 aromatic carbocycles. The van der Waals surface area contributed by atoms with Crippen LogP contribution in [0.15, 0.2) is 24.3 Å². The third kappa shape index (κ3) is 4.75. The first kappa shape index (κ1) is 15.1. The molecule has 0 fully saturated rings. The highest BCUT2D eigenvalue weighted by Gasteiger charge is 2.11. The van der Waals surface area contributed by atoms with Gasteiger partial charge in [0.2, 0.25) is 0 Å². The van der Waals surface area contributed by atoms with E-state index in [2.05, 4.69) is 44.9 Å². The molecule has 0 aliphatic heterocycles. The Hall–Kier alpha value is -0.930. The second kappa shape index (κ2) is 6.86. The molecule has 1 unspecified atom stereocenters. The first-order valence-corrected chi connectivity index (χ1v) is 6.90. The largest absolute Gasteiger partial charge is 0.389 e. The van der Waals surface area contributed by atoms with Gasteiger partial charge in [0.05, 0.1) is 0 Å². The van der Waals surface area contributed by atoms with E-state index < -0.39 is 0 Å². The summed E-state index contributed by atoms with van der Waals surface area (Å²) in [4.78, 5) is 2.85. The van der Waals surface area contributed by atoms with Gasteiger partial charge < -0.3 is 5.73 Å². The maximum atomic E-state index is 5.59. The van der Waals surface area contributed by atoms with E-state index in [0.717, 1.165) is 18.0 Å². The Morgan fingerprint density at radius 2 is 1.78 bits per heavy atom. The van der Waals surface area contributed by atoms with E-state index in [1.807, 2.05) is 12.1 Å². The van der Waals surface area contributed by atoms with Crippen molar-refractivity contribution in [2.24, 2.45) is 11.7 Å². The summed E-state index contributed by atoms with van der Waals surface area (Å²) in [5, 5.41) is 0. The van der Waals surface area contributed by atoms with Crippen LogP contribution in [0, 0.1) is 5.92 Å². The molecule has 0 radical (unpaired) electrons. The summed E-state index contributed by atoms with van der Waals surface area (Å²) in [7, 11) is 2.18. The summed E-state index contributed by atoms with van der Waals surface area (Å²) in [5.41, 5.74) is 7.83. The zero-order valence-corrected chi connectivity index (χ0v) is 12.6. The zero-order valence-electron chi connectivity index (χ0n) is 11.8. The van der Waals surface area contributed by atoms with Gasteiger partial charge in [0, 0.05) is 18.2 Å². The molecule has 3 heteroatoms. The fourth-order valence-electron chi connectivity index (χ4n) is 2.08. The molecule has 2 N–H and O–H groups in total. The zero-order chi connectivity index (χ0) is 13.7. The van der Waals surface area contributed by atoms with Crippen molar-refractivity contribution < 1.29 is 0 Å². The molecule has 2 nitrogen and oxygen atoms in total. The van der Waals surface area contributed by atoms with Crippen LogP contribution in [0.2, 0.25) is 0 Å². The maximum Gasteiger partial charge on any atom is 0.103 e. The predicted octanol–water partition coefficient (Wildman–Crippen LogP) is 3.19. The van der Waals surface area contributed by atoms with E-state index in [1.165, 1.54) is 12.0 Å². The van der Waals surface area contributed by atoms with Crippen LogP contribution in [0.25, 0.3) is 0 Å². The van der Waals surface area contributed by atoms with Crippen molar-refractivity contribution in [2.45, 2.75) is 39.8 Å². The van der Waals surface area contributed by atoms with Crippen LogP contribution in [0.3, 0.4) is 0 Å². The molecule has 0 heterocycles. The number of hydrogen-bond acceptors (Lipinski definition) is 2. The van der Waals surface area contributed by atoms with Crippen molar-refractivity contribution >= 4 is 17.2 Å². The highest BCUT2D eigenvalue weighted by atomic mass is 32.1. The Kier molecular flexibility index (Phi) is 5.76. The molecule has 0 aliphatic carbocycles. The van der Waals surface area contributed by atoms with Crippen LogP contribution in [-0.4, -0.2) is 23.0 Å². The highest BCUT2D eigenvalue weighted by molar-refractivity contribution is 7.80. The van der Waals surface area contributed by atoms with E-state index in [-0.39, 0.29) is 0 Å². The number of hydrogen-bond donors (Lipinski definition) is 1. The van der Waals surface area contributed by atoms with Gasteiger partial charge in [-0.15, -0.1) is 0 Å². The van der Waals surface area contributed by atoms with Gasteiger partial charge in [-0.2, -0.15) is 0 Å². The summed E-state index contributed by atoms with van der Waals surface area (Å²) in [6.45, 7) is 7.78. The number of nitrogens with two attached hydrogens (primary N) is 1.